The van der Waals surface area contributed by atoms with E-state index < -0.39 is 0 Å². The molecule has 0 saturated carbocycles. The molecule has 2 rings (SSSR count). The first-order valence-corrected chi connectivity index (χ1v) is 5.13. The molecule has 17 heavy (non-hydrogen) atoms. The molecule has 0 saturated heterocycles. The number of hydrogen-bond acceptors (Lipinski definition) is 2. The second-order valence-electron chi connectivity index (χ2n) is 3.27. The summed E-state index contributed by atoms with van der Waals surface area (Å²) in [6.07, 6.45) is 0. The molecule has 0 radical (unpaired) electrons. The summed E-state index contributed by atoms with van der Waals surface area (Å²) in [6.45, 7) is 0.0294. The van der Waals surface area contributed by atoms with Gasteiger partial charge in [0.25, 0.3) is 0 Å². The van der Waals surface area contributed by atoms with E-state index in [0.717, 1.165) is 11.1 Å². The van der Waals surface area contributed by atoms with E-state index in [0.29, 0.717) is 0 Å². The van der Waals surface area contributed by atoms with Crippen molar-refractivity contribution in [1.29, 1.82) is 0 Å². The SMILES string of the molecule is OCc1ccccc1.[Na+].[O-]Cc1ccccc1. The Morgan fingerprint density at radius 1 is 0.765 bits per heavy atom. The summed E-state index contributed by atoms with van der Waals surface area (Å²) in [4.78, 5) is 0. The monoisotopic (exact) mass is 238 g/mol. The molecule has 2 aromatic carbocycles. The number of aliphatic hydroxyl groups is 1. The Morgan fingerprint density at radius 3 is 1.41 bits per heavy atom. The van der Waals surface area contributed by atoms with Crippen LogP contribution in [0, 0.1) is 0 Å². The van der Waals surface area contributed by atoms with E-state index in [1.54, 1.807) is 0 Å². The Bertz CT molecular complexity index is 336. The molecule has 1 N–H and O–H groups in total. The zero-order chi connectivity index (χ0) is 11.6. The molecule has 0 amide bonds. The van der Waals surface area contributed by atoms with Crippen molar-refractivity contribution in [1.82, 2.24) is 0 Å². The third-order valence-corrected chi connectivity index (χ3v) is 2.03. The van der Waals surface area contributed by atoms with Gasteiger partial charge in [0.05, 0.1) is 6.61 Å². The van der Waals surface area contributed by atoms with E-state index in [1.807, 2.05) is 60.7 Å². The topological polar surface area (TPSA) is 43.3 Å². The van der Waals surface area contributed by atoms with Crippen LogP contribution >= 0.6 is 0 Å². The van der Waals surface area contributed by atoms with E-state index >= 15 is 0 Å². The maximum Gasteiger partial charge on any atom is 1.00 e. The zero-order valence-electron chi connectivity index (χ0n) is 10.0. The summed E-state index contributed by atoms with van der Waals surface area (Å²) in [6, 6.07) is 18.8. The Hall–Kier alpha value is -0.640. The minimum absolute atomic E-state index is 0. The number of hydrogen-bond donors (Lipinski definition) is 1. The van der Waals surface area contributed by atoms with Gasteiger partial charge in [-0.2, -0.15) is 0 Å². The first kappa shape index (κ1) is 16.4. The fraction of sp³-hybridized carbons (Fsp3) is 0.143. The average molecular weight is 238 g/mol. The smallest absolute Gasteiger partial charge is 0.851 e. The van der Waals surface area contributed by atoms with E-state index in [1.165, 1.54) is 0 Å². The van der Waals surface area contributed by atoms with Crippen LogP contribution in [-0.2, 0) is 13.2 Å². The van der Waals surface area contributed by atoms with E-state index in [4.69, 9.17) is 5.11 Å². The summed E-state index contributed by atoms with van der Waals surface area (Å²) in [5.74, 6) is 0. The van der Waals surface area contributed by atoms with Gasteiger partial charge < -0.3 is 10.2 Å². The average Bonchev–Trinajstić information content (AvgIpc) is 2.41. The van der Waals surface area contributed by atoms with Crippen molar-refractivity contribution in [3.05, 3.63) is 71.8 Å². The fourth-order valence-corrected chi connectivity index (χ4v) is 1.16. The molecule has 0 fully saturated rings. The van der Waals surface area contributed by atoms with E-state index in [-0.39, 0.29) is 42.8 Å². The van der Waals surface area contributed by atoms with Gasteiger partial charge in [0.1, 0.15) is 0 Å². The molecular formula is C14H15NaO2. The van der Waals surface area contributed by atoms with Gasteiger partial charge in [-0.3, -0.25) is 0 Å². The summed E-state index contributed by atoms with van der Waals surface area (Å²) < 4.78 is 0. The van der Waals surface area contributed by atoms with Crippen molar-refractivity contribution in [3.8, 4) is 0 Å². The van der Waals surface area contributed by atoms with Gasteiger partial charge in [-0.25, -0.2) is 0 Å². The minimum atomic E-state index is -0.110. The molecule has 0 unspecified atom stereocenters. The molecule has 0 aliphatic carbocycles. The predicted octanol–water partition coefficient (Wildman–Crippen LogP) is -1.27. The van der Waals surface area contributed by atoms with Crippen LogP contribution < -0.4 is 34.7 Å². The quantitative estimate of drug-likeness (QED) is 0.663. The molecule has 3 heteroatoms. The van der Waals surface area contributed by atoms with Crippen LogP contribution in [0.4, 0.5) is 0 Å². The van der Waals surface area contributed by atoms with Crippen LogP contribution in [0.5, 0.6) is 0 Å². The molecule has 2 aromatic rings. The number of aliphatic hydroxyl groups excluding tert-OH is 1. The second kappa shape index (κ2) is 10.5. The van der Waals surface area contributed by atoms with Crippen LogP contribution in [0.1, 0.15) is 11.1 Å². The molecule has 0 aromatic heterocycles. The van der Waals surface area contributed by atoms with Gasteiger partial charge >= 0.3 is 29.6 Å². The molecule has 0 aliphatic heterocycles. The second-order valence-corrected chi connectivity index (χ2v) is 3.27. The van der Waals surface area contributed by atoms with Crippen molar-refractivity contribution < 1.29 is 39.8 Å². The number of rotatable bonds is 2. The van der Waals surface area contributed by atoms with E-state index in [9.17, 15) is 5.11 Å². The molecular weight excluding hydrogens is 223 g/mol. The van der Waals surface area contributed by atoms with Gasteiger partial charge in [0.15, 0.2) is 0 Å². The largest absolute Gasteiger partial charge is 1.00 e. The molecule has 0 atom stereocenters. The van der Waals surface area contributed by atoms with Crippen LogP contribution in [0.3, 0.4) is 0 Å². The Kier molecular flexibility index (Phi) is 10.1. The van der Waals surface area contributed by atoms with Gasteiger partial charge in [0, 0.05) is 0 Å². The maximum absolute atomic E-state index is 10.1. The first-order chi connectivity index (χ1) is 7.86. The Labute approximate surface area is 124 Å². The molecule has 2 nitrogen and oxygen atoms in total. The number of benzene rings is 2. The van der Waals surface area contributed by atoms with Gasteiger partial charge in [-0.05, 0) is 5.56 Å². The normalized spacial score (nSPS) is 8.59. The summed E-state index contributed by atoms with van der Waals surface area (Å²) >= 11 is 0. The molecule has 0 bridgehead atoms. The summed E-state index contributed by atoms with van der Waals surface area (Å²) in [5.41, 5.74) is 1.82. The van der Waals surface area contributed by atoms with Gasteiger partial charge in [0.2, 0.25) is 0 Å². The molecule has 0 spiro atoms. The maximum atomic E-state index is 10.1. The minimum Gasteiger partial charge on any atom is -0.851 e. The predicted molar refractivity (Wildman–Crippen MR) is 62.5 cm³/mol. The molecule has 0 heterocycles. The Balaban J connectivity index is 0.000000284. The fourth-order valence-electron chi connectivity index (χ4n) is 1.16. The van der Waals surface area contributed by atoms with Crippen LogP contribution in [-0.4, -0.2) is 5.11 Å². The van der Waals surface area contributed by atoms with Crippen molar-refractivity contribution in [3.63, 3.8) is 0 Å². The molecule has 84 valence electrons. The Morgan fingerprint density at radius 2 is 1.18 bits per heavy atom. The third kappa shape index (κ3) is 7.31. The standard InChI is InChI=1S/C7H8O.C7H7O.Na/c2*8-6-7-4-2-1-3-5-7;/h1-5,8H,6H2;1-5H,6H2;/q;-1;+1. The van der Waals surface area contributed by atoms with Gasteiger partial charge in [-0.1, -0.05) is 66.2 Å². The van der Waals surface area contributed by atoms with Crippen molar-refractivity contribution >= 4 is 0 Å². The summed E-state index contributed by atoms with van der Waals surface area (Å²) in [5, 5.41) is 18.7. The van der Waals surface area contributed by atoms with Gasteiger partial charge in [-0.15, -0.1) is 6.61 Å². The van der Waals surface area contributed by atoms with Crippen LogP contribution in [0.2, 0.25) is 0 Å². The van der Waals surface area contributed by atoms with Crippen LogP contribution in [0.25, 0.3) is 0 Å². The van der Waals surface area contributed by atoms with Crippen molar-refractivity contribution in [2.45, 2.75) is 13.2 Å². The zero-order valence-corrected chi connectivity index (χ0v) is 12.0. The summed E-state index contributed by atoms with van der Waals surface area (Å²) in [7, 11) is 0. The van der Waals surface area contributed by atoms with Crippen molar-refractivity contribution in [2.24, 2.45) is 0 Å². The van der Waals surface area contributed by atoms with Crippen molar-refractivity contribution in [2.75, 3.05) is 0 Å². The van der Waals surface area contributed by atoms with E-state index in [2.05, 4.69) is 0 Å². The third-order valence-electron chi connectivity index (χ3n) is 2.03. The molecule has 0 aliphatic rings. The van der Waals surface area contributed by atoms with Crippen LogP contribution in [0.15, 0.2) is 60.7 Å². The first-order valence-electron chi connectivity index (χ1n) is 5.13.